The van der Waals surface area contributed by atoms with Crippen LogP contribution in [0.3, 0.4) is 0 Å². The molecule has 0 saturated carbocycles. The van der Waals surface area contributed by atoms with Crippen molar-refractivity contribution in [2.75, 3.05) is 26.7 Å². The van der Waals surface area contributed by atoms with Gasteiger partial charge in [0.25, 0.3) is 5.91 Å². The zero-order valence-electron chi connectivity index (χ0n) is 15.3. The van der Waals surface area contributed by atoms with Crippen molar-refractivity contribution in [3.8, 4) is 5.69 Å². The van der Waals surface area contributed by atoms with Gasteiger partial charge in [0.15, 0.2) is 0 Å². The molecular weight excluding hydrogens is 316 g/mol. The number of benzene rings is 1. The number of aromatic nitrogens is 2. The van der Waals surface area contributed by atoms with E-state index < -0.39 is 0 Å². The second kappa shape index (κ2) is 7.37. The second-order valence-electron chi connectivity index (χ2n) is 6.68. The van der Waals surface area contributed by atoms with Crippen molar-refractivity contribution in [3.63, 3.8) is 0 Å². The number of ether oxygens (including phenoxy) is 1. The molecule has 0 bridgehead atoms. The van der Waals surface area contributed by atoms with Gasteiger partial charge in [0, 0.05) is 31.0 Å². The number of likely N-dealkylation sites (tertiary alicyclic amines) is 1. The molecule has 1 aromatic carbocycles. The Hall–Kier alpha value is -2.18. The standard InChI is InChI=1S/C19H26N4O2/c1-5-25-18-12-22(4)11-17(18)20-19(24)15-6-8-16(9-7-15)23-14(3)10-13(2)21-23/h6-10,17-18H,5,11-12H2,1-4H3,(H,20,24)/t17-,18-/m0/s1. The lowest BCUT2D eigenvalue weighted by molar-refractivity contribution is 0.0513. The molecule has 2 atom stereocenters. The molecule has 1 amide bonds. The Morgan fingerprint density at radius 3 is 2.60 bits per heavy atom. The number of amides is 1. The number of nitrogens with one attached hydrogen (secondary N) is 1. The molecule has 134 valence electrons. The van der Waals surface area contributed by atoms with Gasteiger partial charge < -0.3 is 15.0 Å². The first-order chi connectivity index (χ1) is 12.0. The summed E-state index contributed by atoms with van der Waals surface area (Å²) in [5.74, 6) is -0.0649. The normalized spacial score (nSPS) is 20.8. The minimum atomic E-state index is -0.0649. The Balaban J connectivity index is 1.69. The van der Waals surface area contributed by atoms with E-state index in [1.54, 1.807) is 0 Å². The fraction of sp³-hybridized carbons (Fsp3) is 0.474. The number of aryl methyl sites for hydroxylation is 2. The lowest BCUT2D eigenvalue weighted by Crippen LogP contribution is -2.43. The number of nitrogens with zero attached hydrogens (tertiary/aromatic N) is 3. The molecule has 25 heavy (non-hydrogen) atoms. The molecule has 6 heteroatoms. The van der Waals surface area contributed by atoms with Crippen molar-refractivity contribution in [2.24, 2.45) is 0 Å². The monoisotopic (exact) mass is 342 g/mol. The number of likely N-dealkylation sites (N-methyl/N-ethyl adjacent to an activating group) is 1. The van der Waals surface area contributed by atoms with Crippen LogP contribution < -0.4 is 5.32 Å². The quantitative estimate of drug-likeness (QED) is 0.902. The molecule has 1 aliphatic heterocycles. The van der Waals surface area contributed by atoms with E-state index in [2.05, 4.69) is 15.3 Å². The van der Waals surface area contributed by atoms with Gasteiger partial charge in [-0.25, -0.2) is 4.68 Å². The molecule has 1 fully saturated rings. The molecular formula is C19H26N4O2. The predicted molar refractivity (Wildman–Crippen MR) is 97.2 cm³/mol. The molecule has 0 aliphatic carbocycles. The first kappa shape index (κ1) is 17.6. The lowest BCUT2D eigenvalue weighted by Gasteiger charge is -2.19. The van der Waals surface area contributed by atoms with Crippen LogP contribution >= 0.6 is 0 Å². The number of hydrogen-bond donors (Lipinski definition) is 1. The van der Waals surface area contributed by atoms with E-state index in [1.807, 2.05) is 62.8 Å². The van der Waals surface area contributed by atoms with Gasteiger partial charge in [-0.15, -0.1) is 0 Å². The van der Waals surface area contributed by atoms with Crippen LogP contribution in [0.5, 0.6) is 0 Å². The van der Waals surface area contributed by atoms with E-state index in [-0.39, 0.29) is 18.1 Å². The SMILES string of the molecule is CCO[C@H]1CN(C)C[C@@H]1NC(=O)c1ccc(-n2nc(C)cc2C)cc1. The van der Waals surface area contributed by atoms with Gasteiger partial charge >= 0.3 is 0 Å². The Morgan fingerprint density at radius 1 is 1.28 bits per heavy atom. The van der Waals surface area contributed by atoms with Gasteiger partial charge in [-0.05, 0) is 58.2 Å². The van der Waals surface area contributed by atoms with Crippen LogP contribution in [0.4, 0.5) is 0 Å². The van der Waals surface area contributed by atoms with Crippen LogP contribution in [0.15, 0.2) is 30.3 Å². The Kier molecular flexibility index (Phi) is 5.20. The summed E-state index contributed by atoms with van der Waals surface area (Å²) in [5.41, 5.74) is 3.65. The summed E-state index contributed by atoms with van der Waals surface area (Å²) in [6, 6.07) is 9.59. The fourth-order valence-corrected chi connectivity index (χ4v) is 3.38. The second-order valence-corrected chi connectivity index (χ2v) is 6.68. The number of rotatable bonds is 5. The molecule has 2 heterocycles. The largest absolute Gasteiger partial charge is 0.375 e. The van der Waals surface area contributed by atoms with Crippen molar-refractivity contribution in [2.45, 2.75) is 32.9 Å². The summed E-state index contributed by atoms with van der Waals surface area (Å²) in [4.78, 5) is 14.7. The predicted octanol–water partition coefficient (Wildman–Crippen LogP) is 1.94. The highest BCUT2D eigenvalue weighted by atomic mass is 16.5. The maximum Gasteiger partial charge on any atom is 0.251 e. The van der Waals surface area contributed by atoms with Gasteiger partial charge in [0.1, 0.15) is 0 Å². The molecule has 1 aliphatic rings. The average Bonchev–Trinajstić information content (AvgIpc) is 3.09. The zero-order valence-corrected chi connectivity index (χ0v) is 15.3. The first-order valence-electron chi connectivity index (χ1n) is 8.72. The van der Waals surface area contributed by atoms with Crippen LogP contribution in [-0.4, -0.2) is 59.5 Å². The summed E-state index contributed by atoms with van der Waals surface area (Å²) in [6.45, 7) is 8.27. The molecule has 1 aromatic heterocycles. The van der Waals surface area contributed by atoms with Gasteiger partial charge in [0.05, 0.1) is 23.5 Å². The molecule has 0 unspecified atom stereocenters. The maximum absolute atomic E-state index is 12.6. The fourth-order valence-electron chi connectivity index (χ4n) is 3.38. The highest BCUT2D eigenvalue weighted by Crippen LogP contribution is 2.15. The number of hydrogen-bond acceptors (Lipinski definition) is 4. The lowest BCUT2D eigenvalue weighted by atomic mass is 10.1. The Bertz CT molecular complexity index is 738. The van der Waals surface area contributed by atoms with Crippen LogP contribution in [0.25, 0.3) is 5.69 Å². The number of carbonyl (C=O) groups excluding carboxylic acids is 1. The smallest absolute Gasteiger partial charge is 0.251 e. The van der Waals surface area contributed by atoms with Gasteiger partial charge in [-0.1, -0.05) is 0 Å². The Labute approximate surface area is 148 Å². The van der Waals surface area contributed by atoms with E-state index >= 15 is 0 Å². The topological polar surface area (TPSA) is 59.4 Å². The van der Waals surface area contributed by atoms with Crippen molar-refractivity contribution < 1.29 is 9.53 Å². The Morgan fingerprint density at radius 2 is 2.00 bits per heavy atom. The van der Waals surface area contributed by atoms with Crippen LogP contribution in [0.1, 0.15) is 28.7 Å². The summed E-state index contributed by atoms with van der Waals surface area (Å²) in [6.07, 6.45) is 0.0490. The van der Waals surface area contributed by atoms with Crippen molar-refractivity contribution in [1.82, 2.24) is 20.0 Å². The molecule has 0 radical (unpaired) electrons. The minimum Gasteiger partial charge on any atom is -0.375 e. The maximum atomic E-state index is 12.6. The molecule has 1 saturated heterocycles. The van der Waals surface area contributed by atoms with E-state index in [0.29, 0.717) is 12.2 Å². The summed E-state index contributed by atoms with van der Waals surface area (Å²) in [5, 5.41) is 7.58. The van der Waals surface area contributed by atoms with Crippen molar-refractivity contribution >= 4 is 5.91 Å². The van der Waals surface area contributed by atoms with E-state index in [4.69, 9.17) is 4.74 Å². The summed E-state index contributed by atoms with van der Waals surface area (Å²) >= 11 is 0. The van der Waals surface area contributed by atoms with Gasteiger partial charge in [0.2, 0.25) is 0 Å². The molecule has 1 N–H and O–H groups in total. The van der Waals surface area contributed by atoms with Crippen molar-refractivity contribution in [1.29, 1.82) is 0 Å². The van der Waals surface area contributed by atoms with Gasteiger partial charge in [-0.2, -0.15) is 5.10 Å². The third kappa shape index (κ3) is 3.91. The molecule has 6 nitrogen and oxygen atoms in total. The van der Waals surface area contributed by atoms with Crippen molar-refractivity contribution in [3.05, 3.63) is 47.3 Å². The van der Waals surface area contributed by atoms with Crippen LogP contribution in [-0.2, 0) is 4.74 Å². The van der Waals surface area contributed by atoms with E-state index in [0.717, 1.165) is 30.2 Å². The zero-order chi connectivity index (χ0) is 18.0. The highest BCUT2D eigenvalue weighted by Gasteiger charge is 2.32. The summed E-state index contributed by atoms with van der Waals surface area (Å²) < 4.78 is 7.63. The van der Waals surface area contributed by atoms with Crippen LogP contribution in [0, 0.1) is 13.8 Å². The third-order valence-electron chi connectivity index (χ3n) is 4.53. The number of carbonyl (C=O) groups is 1. The highest BCUT2D eigenvalue weighted by molar-refractivity contribution is 5.94. The summed E-state index contributed by atoms with van der Waals surface area (Å²) in [7, 11) is 2.04. The van der Waals surface area contributed by atoms with Gasteiger partial charge in [-0.3, -0.25) is 4.79 Å². The molecule has 2 aromatic rings. The molecule has 3 rings (SSSR count). The van der Waals surface area contributed by atoms with Crippen LogP contribution in [0.2, 0.25) is 0 Å². The third-order valence-corrected chi connectivity index (χ3v) is 4.53. The van der Waals surface area contributed by atoms with E-state index in [9.17, 15) is 4.79 Å². The molecule has 0 spiro atoms. The first-order valence-corrected chi connectivity index (χ1v) is 8.72. The average molecular weight is 342 g/mol. The minimum absolute atomic E-state index is 0.0214. The van der Waals surface area contributed by atoms with E-state index in [1.165, 1.54) is 0 Å².